The Morgan fingerprint density at radius 2 is 1.92 bits per heavy atom. The molecule has 1 aromatic heterocycles. The molecule has 0 unspecified atom stereocenters. The number of nitrogens with zero attached hydrogens (tertiary/aromatic N) is 1. The standard InChI is InChI=1S/C17H22N2O3S2/c1-14-7-9-15(10-8-14)13-18-16(20)5-3-11-19(2)24(21,22)17-6-4-12-23-17/h4,6-10,12H,3,5,11,13H2,1-2H3,(H,18,20). The van der Waals surface area contributed by atoms with Crippen molar-refractivity contribution in [1.29, 1.82) is 0 Å². The summed E-state index contributed by atoms with van der Waals surface area (Å²) in [5, 5.41) is 4.59. The average molecular weight is 367 g/mol. The summed E-state index contributed by atoms with van der Waals surface area (Å²) in [6, 6.07) is 11.3. The van der Waals surface area contributed by atoms with Gasteiger partial charge in [0.25, 0.3) is 10.0 Å². The van der Waals surface area contributed by atoms with Crippen LogP contribution in [0, 0.1) is 6.92 Å². The van der Waals surface area contributed by atoms with E-state index in [2.05, 4.69) is 5.32 Å². The van der Waals surface area contributed by atoms with Crippen LogP contribution in [0.25, 0.3) is 0 Å². The van der Waals surface area contributed by atoms with Gasteiger partial charge in [0.1, 0.15) is 4.21 Å². The molecule has 0 fully saturated rings. The number of carbonyl (C=O) groups is 1. The van der Waals surface area contributed by atoms with Crippen molar-refractivity contribution in [1.82, 2.24) is 9.62 Å². The molecule has 0 spiro atoms. The van der Waals surface area contributed by atoms with E-state index in [0.29, 0.717) is 30.1 Å². The van der Waals surface area contributed by atoms with Gasteiger partial charge in [-0.25, -0.2) is 12.7 Å². The van der Waals surface area contributed by atoms with Crippen molar-refractivity contribution < 1.29 is 13.2 Å². The van der Waals surface area contributed by atoms with Crippen LogP contribution in [0.4, 0.5) is 0 Å². The minimum atomic E-state index is -3.43. The van der Waals surface area contributed by atoms with E-state index in [1.54, 1.807) is 24.6 Å². The van der Waals surface area contributed by atoms with Crippen LogP contribution in [-0.2, 0) is 21.4 Å². The molecule has 0 aliphatic rings. The van der Waals surface area contributed by atoms with E-state index >= 15 is 0 Å². The molecular weight excluding hydrogens is 344 g/mol. The molecule has 1 amide bonds. The molecule has 2 rings (SSSR count). The van der Waals surface area contributed by atoms with Crippen LogP contribution in [0.15, 0.2) is 46.0 Å². The highest BCUT2D eigenvalue weighted by atomic mass is 32.2. The molecule has 0 saturated heterocycles. The fourth-order valence-corrected chi connectivity index (χ4v) is 4.55. The molecular formula is C17H22N2O3S2. The van der Waals surface area contributed by atoms with Crippen molar-refractivity contribution in [3.05, 3.63) is 52.9 Å². The summed E-state index contributed by atoms with van der Waals surface area (Å²) in [6.07, 6.45) is 0.789. The Morgan fingerprint density at radius 3 is 2.54 bits per heavy atom. The molecule has 1 aromatic carbocycles. The number of nitrogens with one attached hydrogen (secondary N) is 1. The molecule has 7 heteroatoms. The number of benzene rings is 1. The number of carbonyl (C=O) groups excluding carboxylic acids is 1. The topological polar surface area (TPSA) is 66.5 Å². The van der Waals surface area contributed by atoms with E-state index in [-0.39, 0.29) is 5.91 Å². The van der Waals surface area contributed by atoms with Crippen LogP contribution in [0.3, 0.4) is 0 Å². The third-order valence-corrected chi connectivity index (χ3v) is 6.88. The average Bonchev–Trinajstić information content (AvgIpc) is 3.09. The van der Waals surface area contributed by atoms with Crippen LogP contribution < -0.4 is 5.32 Å². The largest absolute Gasteiger partial charge is 0.352 e. The van der Waals surface area contributed by atoms with Gasteiger partial charge in [-0.3, -0.25) is 4.79 Å². The molecule has 5 nitrogen and oxygen atoms in total. The van der Waals surface area contributed by atoms with E-state index in [1.807, 2.05) is 31.2 Å². The first-order valence-electron chi connectivity index (χ1n) is 7.71. The van der Waals surface area contributed by atoms with E-state index in [0.717, 1.165) is 5.56 Å². The molecule has 0 aliphatic heterocycles. The summed E-state index contributed by atoms with van der Waals surface area (Å²) in [7, 11) is -1.89. The van der Waals surface area contributed by atoms with Crippen LogP contribution in [0.2, 0.25) is 0 Å². The van der Waals surface area contributed by atoms with Crippen LogP contribution in [-0.4, -0.2) is 32.2 Å². The summed E-state index contributed by atoms with van der Waals surface area (Å²) >= 11 is 1.20. The maximum atomic E-state index is 12.2. The predicted octanol–water partition coefficient (Wildman–Crippen LogP) is 2.77. The molecule has 0 aliphatic carbocycles. The molecule has 2 aromatic rings. The monoisotopic (exact) mass is 366 g/mol. The normalized spacial score (nSPS) is 11.6. The molecule has 0 saturated carbocycles. The van der Waals surface area contributed by atoms with Gasteiger partial charge < -0.3 is 5.32 Å². The molecule has 24 heavy (non-hydrogen) atoms. The fraction of sp³-hybridized carbons (Fsp3) is 0.353. The van der Waals surface area contributed by atoms with Gasteiger partial charge in [-0.05, 0) is 30.4 Å². The van der Waals surface area contributed by atoms with Crippen LogP contribution in [0.5, 0.6) is 0 Å². The summed E-state index contributed by atoms with van der Waals surface area (Å²) in [4.78, 5) is 11.9. The Bertz CT molecular complexity index is 754. The number of hydrogen-bond donors (Lipinski definition) is 1. The van der Waals surface area contributed by atoms with Gasteiger partial charge in [0.15, 0.2) is 0 Å². The van der Waals surface area contributed by atoms with Gasteiger partial charge in [0.2, 0.25) is 5.91 Å². The second kappa shape index (κ2) is 8.41. The first-order valence-corrected chi connectivity index (χ1v) is 10.0. The van der Waals surface area contributed by atoms with Gasteiger partial charge in [0.05, 0.1) is 0 Å². The quantitative estimate of drug-likeness (QED) is 0.781. The van der Waals surface area contributed by atoms with E-state index < -0.39 is 10.0 Å². The summed E-state index contributed by atoms with van der Waals surface area (Å²) < 4.78 is 26.1. The van der Waals surface area contributed by atoms with Crippen molar-refractivity contribution in [3.63, 3.8) is 0 Å². The predicted molar refractivity (Wildman–Crippen MR) is 96.4 cm³/mol. The first kappa shape index (κ1) is 18.6. The van der Waals surface area contributed by atoms with E-state index in [1.165, 1.54) is 21.2 Å². The van der Waals surface area contributed by atoms with Crippen molar-refractivity contribution in [3.8, 4) is 0 Å². The number of rotatable bonds is 8. The lowest BCUT2D eigenvalue weighted by atomic mass is 10.1. The van der Waals surface area contributed by atoms with E-state index in [9.17, 15) is 13.2 Å². The van der Waals surface area contributed by atoms with Gasteiger partial charge >= 0.3 is 0 Å². The Morgan fingerprint density at radius 1 is 1.21 bits per heavy atom. The lowest BCUT2D eigenvalue weighted by Crippen LogP contribution is -2.29. The lowest BCUT2D eigenvalue weighted by molar-refractivity contribution is -0.121. The highest BCUT2D eigenvalue weighted by Gasteiger charge is 2.21. The number of thiophene rings is 1. The molecule has 1 N–H and O–H groups in total. The number of hydrogen-bond acceptors (Lipinski definition) is 4. The number of amides is 1. The highest BCUT2D eigenvalue weighted by molar-refractivity contribution is 7.91. The van der Waals surface area contributed by atoms with Gasteiger partial charge in [-0.15, -0.1) is 11.3 Å². The minimum absolute atomic E-state index is 0.0718. The summed E-state index contributed by atoms with van der Waals surface area (Å²) in [5.74, 6) is -0.0718. The van der Waals surface area contributed by atoms with Gasteiger partial charge in [0, 0.05) is 26.6 Å². The summed E-state index contributed by atoms with van der Waals surface area (Å²) in [5.41, 5.74) is 2.23. The maximum absolute atomic E-state index is 12.2. The molecule has 130 valence electrons. The zero-order valence-electron chi connectivity index (χ0n) is 13.9. The lowest BCUT2D eigenvalue weighted by Gasteiger charge is -2.15. The molecule has 1 heterocycles. The Labute approximate surface area is 147 Å². The third kappa shape index (κ3) is 5.15. The molecule has 0 atom stereocenters. The SMILES string of the molecule is Cc1ccc(CNC(=O)CCCN(C)S(=O)(=O)c2cccs2)cc1. The van der Waals surface area contributed by atoms with Crippen molar-refractivity contribution in [2.45, 2.75) is 30.5 Å². The van der Waals surface area contributed by atoms with Crippen LogP contribution in [0.1, 0.15) is 24.0 Å². The smallest absolute Gasteiger partial charge is 0.252 e. The summed E-state index contributed by atoms with van der Waals surface area (Å²) in [6.45, 7) is 2.82. The zero-order valence-corrected chi connectivity index (χ0v) is 15.5. The highest BCUT2D eigenvalue weighted by Crippen LogP contribution is 2.19. The Kier molecular flexibility index (Phi) is 6.53. The second-order valence-corrected chi connectivity index (χ2v) is 8.84. The third-order valence-electron chi connectivity index (χ3n) is 3.65. The number of sulfonamides is 1. The first-order chi connectivity index (χ1) is 11.4. The molecule has 0 bridgehead atoms. The maximum Gasteiger partial charge on any atom is 0.252 e. The number of aryl methyl sites for hydroxylation is 1. The Hall–Kier alpha value is -1.70. The van der Waals surface area contributed by atoms with Crippen molar-refractivity contribution in [2.75, 3.05) is 13.6 Å². The molecule has 0 radical (unpaired) electrons. The fourth-order valence-electron chi connectivity index (χ4n) is 2.14. The van der Waals surface area contributed by atoms with Crippen molar-refractivity contribution >= 4 is 27.3 Å². The van der Waals surface area contributed by atoms with E-state index in [4.69, 9.17) is 0 Å². The zero-order chi connectivity index (χ0) is 17.6. The van der Waals surface area contributed by atoms with Crippen molar-refractivity contribution in [2.24, 2.45) is 0 Å². The Balaban J connectivity index is 1.73. The second-order valence-electron chi connectivity index (χ2n) is 5.62. The van der Waals surface area contributed by atoms with Crippen LogP contribution >= 0.6 is 11.3 Å². The minimum Gasteiger partial charge on any atom is -0.352 e. The van der Waals surface area contributed by atoms with Gasteiger partial charge in [-0.1, -0.05) is 35.9 Å². The van der Waals surface area contributed by atoms with Gasteiger partial charge in [-0.2, -0.15) is 0 Å².